The van der Waals surface area contributed by atoms with Crippen LogP contribution in [0.2, 0.25) is 0 Å². The van der Waals surface area contributed by atoms with Crippen LogP contribution in [0, 0.1) is 0 Å². The topological polar surface area (TPSA) is 74.6 Å². The molecule has 0 aromatic rings. The standard InChI is InChI=1S/C4H8O4S/c1-3(9(7)8)2-4(5)6/h3H,2H2,1H3,(H,5,6)(H,7,8). The first-order valence-electron chi connectivity index (χ1n) is 2.35. The summed E-state index contributed by atoms with van der Waals surface area (Å²) < 4.78 is 18.4. The normalized spacial score (nSPS) is 16.7. The highest BCUT2D eigenvalue weighted by molar-refractivity contribution is 7.79. The van der Waals surface area contributed by atoms with Crippen LogP contribution in [0.4, 0.5) is 0 Å². The van der Waals surface area contributed by atoms with E-state index in [4.69, 9.17) is 9.66 Å². The first kappa shape index (κ1) is 8.58. The number of hydrogen-bond donors (Lipinski definition) is 2. The van der Waals surface area contributed by atoms with Gasteiger partial charge in [-0.2, -0.15) is 0 Å². The molecule has 2 unspecified atom stereocenters. The van der Waals surface area contributed by atoms with Crippen LogP contribution in [0.25, 0.3) is 0 Å². The van der Waals surface area contributed by atoms with E-state index in [1.165, 1.54) is 6.92 Å². The molecule has 0 spiro atoms. The fraction of sp³-hybridized carbons (Fsp3) is 0.750. The highest BCUT2D eigenvalue weighted by Crippen LogP contribution is 1.97. The molecule has 9 heavy (non-hydrogen) atoms. The van der Waals surface area contributed by atoms with Crippen molar-refractivity contribution in [1.29, 1.82) is 0 Å². The molecule has 0 radical (unpaired) electrons. The third kappa shape index (κ3) is 4.11. The molecule has 54 valence electrons. The predicted molar refractivity (Wildman–Crippen MR) is 32.5 cm³/mol. The van der Waals surface area contributed by atoms with Gasteiger partial charge in [0.15, 0.2) is 11.1 Å². The second kappa shape index (κ2) is 3.58. The van der Waals surface area contributed by atoms with E-state index in [0.29, 0.717) is 0 Å². The van der Waals surface area contributed by atoms with E-state index in [-0.39, 0.29) is 6.42 Å². The summed E-state index contributed by atoms with van der Waals surface area (Å²) in [5.74, 6) is -1.05. The fourth-order valence-corrected chi connectivity index (χ4v) is 0.602. The number of aliphatic carboxylic acids is 1. The Morgan fingerprint density at radius 2 is 2.22 bits per heavy atom. The van der Waals surface area contributed by atoms with Crippen molar-refractivity contribution in [3.63, 3.8) is 0 Å². The maximum atomic E-state index is 10.1. The van der Waals surface area contributed by atoms with E-state index < -0.39 is 22.3 Å². The Labute approximate surface area is 55.2 Å². The lowest BCUT2D eigenvalue weighted by Gasteiger charge is -1.99. The number of carboxylic acid groups (broad SMARTS) is 1. The van der Waals surface area contributed by atoms with Crippen LogP contribution >= 0.6 is 0 Å². The van der Waals surface area contributed by atoms with Crippen LogP contribution in [-0.2, 0) is 15.9 Å². The smallest absolute Gasteiger partial charge is 0.304 e. The molecule has 0 aromatic heterocycles. The second-order valence-electron chi connectivity index (χ2n) is 1.68. The van der Waals surface area contributed by atoms with E-state index in [2.05, 4.69) is 0 Å². The van der Waals surface area contributed by atoms with Gasteiger partial charge in [-0.3, -0.25) is 4.79 Å². The largest absolute Gasteiger partial charge is 0.481 e. The number of carboxylic acids is 1. The first-order valence-corrected chi connectivity index (χ1v) is 3.52. The van der Waals surface area contributed by atoms with Gasteiger partial charge in [-0.15, -0.1) is 0 Å². The van der Waals surface area contributed by atoms with Gasteiger partial charge in [-0.05, 0) is 6.92 Å². The summed E-state index contributed by atoms with van der Waals surface area (Å²) >= 11 is -2.01. The Kier molecular flexibility index (Phi) is 3.41. The molecule has 0 rings (SSSR count). The summed E-state index contributed by atoms with van der Waals surface area (Å²) in [5, 5.41) is 7.41. The maximum Gasteiger partial charge on any atom is 0.304 e. The lowest BCUT2D eigenvalue weighted by atomic mass is 10.3. The first-order chi connectivity index (χ1) is 4.04. The maximum absolute atomic E-state index is 10.1. The number of hydrogen-bond acceptors (Lipinski definition) is 2. The van der Waals surface area contributed by atoms with E-state index in [1.807, 2.05) is 0 Å². The van der Waals surface area contributed by atoms with Crippen LogP contribution in [0.15, 0.2) is 0 Å². The van der Waals surface area contributed by atoms with Gasteiger partial charge in [0.25, 0.3) is 0 Å². The molecule has 0 aliphatic heterocycles. The highest BCUT2D eigenvalue weighted by Gasteiger charge is 2.11. The van der Waals surface area contributed by atoms with Crippen molar-refractivity contribution in [2.75, 3.05) is 0 Å². The SMILES string of the molecule is CC(CC(=O)O)S(=O)O. The van der Waals surface area contributed by atoms with E-state index in [0.717, 1.165) is 0 Å². The minimum absolute atomic E-state index is 0.261. The molecule has 4 nitrogen and oxygen atoms in total. The molecule has 0 aromatic carbocycles. The van der Waals surface area contributed by atoms with Crippen LogP contribution in [0.5, 0.6) is 0 Å². The summed E-state index contributed by atoms with van der Waals surface area (Å²) in [6.07, 6.45) is -0.261. The Hall–Kier alpha value is -0.420. The van der Waals surface area contributed by atoms with Crippen molar-refractivity contribution >= 4 is 17.0 Å². The Morgan fingerprint density at radius 1 is 1.78 bits per heavy atom. The van der Waals surface area contributed by atoms with Crippen molar-refractivity contribution in [3.8, 4) is 0 Å². The van der Waals surface area contributed by atoms with Crippen molar-refractivity contribution in [3.05, 3.63) is 0 Å². The molecular formula is C4H8O4S. The minimum Gasteiger partial charge on any atom is -0.481 e. The molecule has 2 atom stereocenters. The molecular weight excluding hydrogens is 144 g/mol. The van der Waals surface area contributed by atoms with Crippen LogP contribution in [-0.4, -0.2) is 25.1 Å². The zero-order chi connectivity index (χ0) is 7.44. The Balaban J connectivity index is 3.63. The molecule has 0 aliphatic rings. The van der Waals surface area contributed by atoms with Gasteiger partial charge >= 0.3 is 5.97 Å². The Bertz CT molecular complexity index is 133. The molecule has 0 saturated carbocycles. The summed E-state index contributed by atoms with van der Waals surface area (Å²) in [6.45, 7) is 1.41. The van der Waals surface area contributed by atoms with Gasteiger partial charge < -0.3 is 9.66 Å². The molecule has 0 saturated heterocycles. The van der Waals surface area contributed by atoms with Gasteiger partial charge in [0, 0.05) is 0 Å². The molecule has 0 amide bonds. The molecule has 0 aliphatic carbocycles. The lowest BCUT2D eigenvalue weighted by molar-refractivity contribution is -0.136. The van der Waals surface area contributed by atoms with E-state index in [9.17, 15) is 9.00 Å². The average molecular weight is 152 g/mol. The van der Waals surface area contributed by atoms with Gasteiger partial charge in [0.1, 0.15) is 0 Å². The molecule has 5 heteroatoms. The van der Waals surface area contributed by atoms with Crippen LogP contribution in [0.3, 0.4) is 0 Å². The van der Waals surface area contributed by atoms with Gasteiger partial charge in [0.05, 0.1) is 11.7 Å². The zero-order valence-electron chi connectivity index (χ0n) is 4.90. The van der Waals surface area contributed by atoms with E-state index >= 15 is 0 Å². The molecule has 0 heterocycles. The van der Waals surface area contributed by atoms with Gasteiger partial charge in [0.2, 0.25) is 0 Å². The number of carbonyl (C=O) groups is 1. The molecule has 0 bridgehead atoms. The minimum atomic E-state index is -2.01. The van der Waals surface area contributed by atoms with Gasteiger partial charge in [-0.25, -0.2) is 4.21 Å². The fourth-order valence-electron chi connectivity index (χ4n) is 0.317. The summed E-state index contributed by atoms with van der Waals surface area (Å²) in [7, 11) is 0. The zero-order valence-corrected chi connectivity index (χ0v) is 5.72. The summed E-state index contributed by atoms with van der Waals surface area (Å²) in [6, 6.07) is 0. The van der Waals surface area contributed by atoms with Gasteiger partial charge in [-0.1, -0.05) is 0 Å². The predicted octanol–water partition coefficient (Wildman–Crippen LogP) is 0.0713. The van der Waals surface area contributed by atoms with Crippen molar-refractivity contribution in [2.45, 2.75) is 18.6 Å². The third-order valence-corrected chi connectivity index (χ3v) is 1.66. The third-order valence-electron chi connectivity index (χ3n) is 0.806. The quantitative estimate of drug-likeness (QED) is 0.561. The molecule has 2 N–H and O–H groups in total. The van der Waals surface area contributed by atoms with Crippen molar-refractivity contribution in [1.82, 2.24) is 0 Å². The summed E-state index contributed by atoms with van der Waals surface area (Å²) in [5.41, 5.74) is 0. The number of rotatable bonds is 3. The van der Waals surface area contributed by atoms with Crippen LogP contribution < -0.4 is 0 Å². The monoisotopic (exact) mass is 152 g/mol. The van der Waals surface area contributed by atoms with Crippen LogP contribution in [0.1, 0.15) is 13.3 Å². The molecule has 0 fully saturated rings. The average Bonchev–Trinajstić information content (AvgIpc) is 1.63. The summed E-state index contributed by atoms with van der Waals surface area (Å²) in [4.78, 5) is 9.87. The lowest BCUT2D eigenvalue weighted by Crippen LogP contribution is -2.14. The highest BCUT2D eigenvalue weighted by atomic mass is 32.2. The second-order valence-corrected chi connectivity index (χ2v) is 3.04. The van der Waals surface area contributed by atoms with Crippen molar-refractivity contribution < 1.29 is 18.7 Å². The van der Waals surface area contributed by atoms with E-state index in [1.54, 1.807) is 0 Å². The van der Waals surface area contributed by atoms with Crippen molar-refractivity contribution in [2.24, 2.45) is 0 Å². The Morgan fingerprint density at radius 3 is 2.33 bits per heavy atom.